The summed E-state index contributed by atoms with van der Waals surface area (Å²) in [5.41, 5.74) is 2.67. The van der Waals surface area contributed by atoms with E-state index >= 15 is 0 Å². The highest BCUT2D eigenvalue weighted by Crippen LogP contribution is 2.41. The predicted molar refractivity (Wildman–Crippen MR) is 97.6 cm³/mol. The second-order valence-electron chi connectivity index (χ2n) is 7.12. The molecular weight excluding hydrogens is 328 g/mol. The molecule has 1 atom stereocenters. The normalized spacial score (nSPS) is 18.8. The fourth-order valence-electron chi connectivity index (χ4n) is 3.91. The molecule has 5 nitrogen and oxygen atoms in total. The molecule has 1 unspecified atom stereocenters. The fourth-order valence-corrected chi connectivity index (χ4v) is 3.91. The van der Waals surface area contributed by atoms with E-state index in [0.717, 1.165) is 32.1 Å². The van der Waals surface area contributed by atoms with Gasteiger partial charge in [-0.3, -0.25) is 9.59 Å². The minimum absolute atomic E-state index is 0.133. The summed E-state index contributed by atoms with van der Waals surface area (Å²) < 4.78 is 5.08. The first kappa shape index (κ1) is 16.9. The van der Waals surface area contributed by atoms with Gasteiger partial charge in [0.2, 0.25) is 5.91 Å². The average molecular weight is 352 g/mol. The Morgan fingerprint density at radius 2 is 1.96 bits per heavy atom. The van der Waals surface area contributed by atoms with Crippen LogP contribution in [0.5, 0.6) is 0 Å². The van der Waals surface area contributed by atoms with Crippen LogP contribution < -0.4 is 5.32 Å². The Kier molecular flexibility index (Phi) is 4.78. The lowest BCUT2D eigenvalue weighted by molar-refractivity contribution is -0.134. The van der Waals surface area contributed by atoms with Crippen molar-refractivity contribution in [2.75, 3.05) is 6.54 Å². The van der Waals surface area contributed by atoms with Crippen LogP contribution in [0.2, 0.25) is 0 Å². The summed E-state index contributed by atoms with van der Waals surface area (Å²) in [7, 11) is 0. The summed E-state index contributed by atoms with van der Waals surface area (Å²) >= 11 is 0. The number of carbonyl (C=O) groups is 2. The van der Waals surface area contributed by atoms with Crippen molar-refractivity contribution in [3.8, 4) is 0 Å². The Labute approximate surface area is 153 Å². The molecule has 0 aliphatic heterocycles. The van der Waals surface area contributed by atoms with Crippen LogP contribution in [0.4, 0.5) is 0 Å². The van der Waals surface area contributed by atoms with Crippen molar-refractivity contribution < 1.29 is 14.0 Å². The van der Waals surface area contributed by atoms with E-state index in [1.54, 1.807) is 12.1 Å². The second kappa shape index (κ2) is 7.36. The SMILES string of the molecule is O=C(NCCC(=O)N(C1CC1)C1CCCc2ccccc21)c1ccco1. The largest absolute Gasteiger partial charge is 0.459 e. The van der Waals surface area contributed by atoms with E-state index in [9.17, 15) is 9.59 Å². The third kappa shape index (κ3) is 3.52. The van der Waals surface area contributed by atoms with Gasteiger partial charge in [-0.2, -0.15) is 0 Å². The molecule has 5 heteroatoms. The molecule has 0 spiro atoms. The standard InChI is InChI=1S/C21H24N2O3/c24-20(12-13-22-21(25)19-9-4-14-26-19)23(16-10-11-16)18-8-3-6-15-5-1-2-7-17(15)18/h1-2,4-5,7,9,14,16,18H,3,6,8,10-13H2,(H,22,25). The van der Waals surface area contributed by atoms with E-state index in [1.807, 2.05) is 0 Å². The average Bonchev–Trinajstić information content (AvgIpc) is 3.33. The first-order chi connectivity index (χ1) is 12.7. The van der Waals surface area contributed by atoms with Crippen molar-refractivity contribution in [2.45, 2.75) is 50.6 Å². The number of carbonyl (C=O) groups excluding carboxylic acids is 2. The lowest BCUT2D eigenvalue weighted by Gasteiger charge is -2.36. The first-order valence-electron chi connectivity index (χ1n) is 9.44. The van der Waals surface area contributed by atoms with Crippen LogP contribution in [0, 0.1) is 0 Å². The van der Waals surface area contributed by atoms with Gasteiger partial charge in [0.05, 0.1) is 12.3 Å². The molecular formula is C21H24N2O3. The summed E-state index contributed by atoms with van der Waals surface area (Å²) in [5.74, 6) is 0.135. The summed E-state index contributed by atoms with van der Waals surface area (Å²) in [4.78, 5) is 27.0. The Balaban J connectivity index is 1.41. The smallest absolute Gasteiger partial charge is 0.286 e. The van der Waals surface area contributed by atoms with Crippen LogP contribution in [0.15, 0.2) is 47.1 Å². The van der Waals surface area contributed by atoms with E-state index < -0.39 is 0 Å². The fraction of sp³-hybridized carbons (Fsp3) is 0.429. The molecule has 0 saturated heterocycles. The third-order valence-corrected chi connectivity index (χ3v) is 5.27. The van der Waals surface area contributed by atoms with E-state index in [0.29, 0.717) is 19.0 Å². The Morgan fingerprint density at radius 1 is 1.12 bits per heavy atom. The highest BCUT2D eigenvalue weighted by atomic mass is 16.3. The summed E-state index contributed by atoms with van der Waals surface area (Å²) in [6, 6.07) is 12.3. The Hall–Kier alpha value is -2.56. The zero-order valence-electron chi connectivity index (χ0n) is 14.8. The number of fused-ring (bicyclic) bond motifs is 1. The van der Waals surface area contributed by atoms with Crippen LogP contribution in [0.1, 0.15) is 59.8 Å². The predicted octanol–water partition coefficient (Wildman–Crippen LogP) is 3.47. The monoisotopic (exact) mass is 352 g/mol. The van der Waals surface area contributed by atoms with E-state index in [1.165, 1.54) is 17.4 Å². The quantitative estimate of drug-likeness (QED) is 0.866. The molecule has 1 aromatic carbocycles. The number of rotatable bonds is 6. The van der Waals surface area contributed by atoms with Crippen molar-refractivity contribution in [2.24, 2.45) is 0 Å². The van der Waals surface area contributed by atoms with Crippen molar-refractivity contribution >= 4 is 11.8 Å². The maximum Gasteiger partial charge on any atom is 0.286 e. The Morgan fingerprint density at radius 3 is 2.73 bits per heavy atom. The van der Waals surface area contributed by atoms with Gasteiger partial charge in [-0.15, -0.1) is 0 Å². The third-order valence-electron chi connectivity index (χ3n) is 5.27. The molecule has 2 amide bonds. The maximum atomic E-state index is 13.0. The number of amides is 2. The van der Waals surface area contributed by atoms with Crippen molar-refractivity contribution in [3.05, 3.63) is 59.5 Å². The van der Waals surface area contributed by atoms with Gasteiger partial charge in [-0.25, -0.2) is 0 Å². The van der Waals surface area contributed by atoms with Crippen LogP contribution in [0.3, 0.4) is 0 Å². The van der Waals surface area contributed by atoms with Gasteiger partial charge in [-0.1, -0.05) is 24.3 Å². The van der Waals surface area contributed by atoms with Gasteiger partial charge in [0, 0.05) is 19.0 Å². The van der Waals surface area contributed by atoms with Gasteiger partial charge in [0.1, 0.15) is 0 Å². The molecule has 1 heterocycles. The molecule has 2 aliphatic carbocycles. The molecule has 2 aliphatic rings. The number of benzene rings is 1. The summed E-state index contributed by atoms with van der Waals surface area (Å²) in [6.45, 7) is 0.329. The Bertz CT molecular complexity index is 780. The summed E-state index contributed by atoms with van der Waals surface area (Å²) in [6.07, 6.45) is 7.20. The van der Waals surface area contributed by atoms with Gasteiger partial charge in [-0.05, 0) is 55.4 Å². The zero-order valence-corrected chi connectivity index (χ0v) is 14.8. The number of aryl methyl sites for hydroxylation is 1. The van der Waals surface area contributed by atoms with Crippen LogP contribution >= 0.6 is 0 Å². The van der Waals surface area contributed by atoms with Gasteiger partial charge in [0.25, 0.3) is 5.91 Å². The number of hydrogen-bond donors (Lipinski definition) is 1. The number of nitrogens with zero attached hydrogens (tertiary/aromatic N) is 1. The molecule has 4 rings (SSSR count). The van der Waals surface area contributed by atoms with Crippen molar-refractivity contribution in [1.82, 2.24) is 10.2 Å². The molecule has 0 bridgehead atoms. The van der Waals surface area contributed by atoms with Gasteiger partial charge < -0.3 is 14.6 Å². The van der Waals surface area contributed by atoms with Gasteiger partial charge >= 0.3 is 0 Å². The molecule has 26 heavy (non-hydrogen) atoms. The lowest BCUT2D eigenvalue weighted by Crippen LogP contribution is -2.40. The second-order valence-corrected chi connectivity index (χ2v) is 7.12. The van der Waals surface area contributed by atoms with Crippen LogP contribution in [-0.2, 0) is 11.2 Å². The molecule has 136 valence electrons. The molecule has 1 aromatic heterocycles. The van der Waals surface area contributed by atoms with E-state index in [-0.39, 0.29) is 23.6 Å². The minimum Gasteiger partial charge on any atom is -0.459 e. The van der Waals surface area contributed by atoms with Crippen LogP contribution in [0.25, 0.3) is 0 Å². The van der Waals surface area contributed by atoms with E-state index in [4.69, 9.17) is 4.42 Å². The molecule has 0 radical (unpaired) electrons. The first-order valence-corrected chi connectivity index (χ1v) is 9.44. The number of hydrogen-bond acceptors (Lipinski definition) is 3. The minimum atomic E-state index is -0.274. The topological polar surface area (TPSA) is 62.6 Å². The lowest BCUT2D eigenvalue weighted by atomic mass is 9.86. The molecule has 1 fully saturated rings. The van der Waals surface area contributed by atoms with Crippen molar-refractivity contribution in [3.63, 3.8) is 0 Å². The number of furan rings is 1. The van der Waals surface area contributed by atoms with E-state index in [2.05, 4.69) is 34.5 Å². The number of nitrogens with one attached hydrogen (secondary N) is 1. The zero-order chi connectivity index (χ0) is 17.9. The summed E-state index contributed by atoms with van der Waals surface area (Å²) in [5, 5.41) is 2.77. The molecule has 2 aromatic rings. The molecule has 1 saturated carbocycles. The van der Waals surface area contributed by atoms with Crippen LogP contribution in [-0.4, -0.2) is 29.3 Å². The highest BCUT2D eigenvalue weighted by Gasteiger charge is 2.39. The van der Waals surface area contributed by atoms with Crippen molar-refractivity contribution in [1.29, 1.82) is 0 Å². The van der Waals surface area contributed by atoms with Gasteiger partial charge in [0.15, 0.2) is 5.76 Å². The molecule has 1 N–H and O–H groups in total. The highest BCUT2D eigenvalue weighted by molar-refractivity contribution is 5.91. The maximum absolute atomic E-state index is 13.0.